The van der Waals surface area contributed by atoms with Gasteiger partial charge in [0.1, 0.15) is 17.1 Å². The summed E-state index contributed by atoms with van der Waals surface area (Å²) in [5.41, 5.74) is 5.01. The van der Waals surface area contributed by atoms with Crippen LogP contribution in [0.5, 0.6) is 5.75 Å². The molecular weight excluding hydrogens is 380 g/mol. The molecule has 0 N–H and O–H groups in total. The number of hydrogen-bond donors (Lipinski definition) is 0. The van der Waals surface area contributed by atoms with Gasteiger partial charge in [-0.25, -0.2) is 0 Å². The number of fused-ring (bicyclic) bond motifs is 3. The van der Waals surface area contributed by atoms with E-state index in [4.69, 9.17) is 9.15 Å². The molecule has 1 fully saturated rings. The van der Waals surface area contributed by atoms with Crippen LogP contribution in [0.4, 0.5) is 0 Å². The zero-order chi connectivity index (χ0) is 21.4. The monoisotopic (exact) mass is 410 g/mol. The summed E-state index contributed by atoms with van der Waals surface area (Å²) in [4.78, 5) is 28.0. The second kappa shape index (κ2) is 8.17. The third kappa shape index (κ3) is 3.59. The fourth-order valence-corrected chi connectivity index (χ4v) is 4.69. The summed E-state index contributed by atoms with van der Waals surface area (Å²) in [7, 11) is 1.66. The Kier molecular flexibility index (Phi) is 5.58. The highest BCUT2D eigenvalue weighted by Crippen LogP contribution is 2.41. The SMILES string of the molecule is COc1c(/C(C)=C/C(=O)N2CCN(C(C)=O)CC2)cc2c3c(oc2c1C)CCCC3. The molecule has 0 unspecified atom stereocenters. The van der Waals surface area contributed by atoms with Crippen LogP contribution in [0.2, 0.25) is 0 Å². The van der Waals surface area contributed by atoms with Crippen LogP contribution in [0.3, 0.4) is 0 Å². The second-order valence-corrected chi connectivity index (χ2v) is 8.33. The van der Waals surface area contributed by atoms with E-state index in [9.17, 15) is 9.59 Å². The maximum absolute atomic E-state index is 12.9. The lowest BCUT2D eigenvalue weighted by atomic mass is 9.93. The van der Waals surface area contributed by atoms with Crippen molar-refractivity contribution < 1.29 is 18.7 Å². The number of furan rings is 1. The van der Waals surface area contributed by atoms with Crippen LogP contribution in [-0.2, 0) is 22.4 Å². The minimum absolute atomic E-state index is 0.0234. The largest absolute Gasteiger partial charge is 0.496 e. The van der Waals surface area contributed by atoms with Crippen molar-refractivity contribution in [1.82, 2.24) is 9.80 Å². The number of amides is 2. The van der Waals surface area contributed by atoms with Gasteiger partial charge in [-0.05, 0) is 44.7 Å². The number of piperazine rings is 1. The number of nitrogens with zero attached hydrogens (tertiary/aromatic N) is 2. The fourth-order valence-electron chi connectivity index (χ4n) is 4.69. The van der Waals surface area contributed by atoms with Crippen molar-refractivity contribution in [3.05, 3.63) is 34.6 Å². The number of rotatable bonds is 3. The van der Waals surface area contributed by atoms with E-state index in [1.807, 2.05) is 13.8 Å². The minimum Gasteiger partial charge on any atom is -0.496 e. The summed E-state index contributed by atoms with van der Waals surface area (Å²) in [6.07, 6.45) is 6.07. The third-order valence-electron chi connectivity index (χ3n) is 6.43. The Bertz CT molecular complexity index is 1030. The van der Waals surface area contributed by atoms with E-state index in [-0.39, 0.29) is 11.8 Å². The van der Waals surface area contributed by atoms with Crippen LogP contribution in [0.15, 0.2) is 16.6 Å². The van der Waals surface area contributed by atoms with E-state index in [1.165, 1.54) is 18.4 Å². The van der Waals surface area contributed by atoms with E-state index in [0.29, 0.717) is 26.2 Å². The van der Waals surface area contributed by atoms with Crippen molar-refractivity contribution in [2.24, 2.45) is 0 Å². The number of carbonyl (C=O) groups is 2. The van der Waals surface area contributed by atoms with Gasteiger partial charge in [0.25, 0.3) is 0 Å². The van der Waals surface area contributed by atoms with Crippen LogP contribution in [-0.4, -0.2) is 54.9 Å². The predicted molar refractivity (Wildman–Crippen MR) is 117 cm³/mol. The summed E-state index contributed by atoms with van der Waals surface area (Å²) in [6, 6.07) is 2.13. The quantitative estimate of drug-likeness (QED) is 0.724. The predicted octanol–water partition coefficient (Wildman–Crippen LogP) is 3.72. The lowest BCUT2D eigenvalue weighted by Crippen LogP contribution is -2.49. The molecule has 1 aromatic carbocycles. The van der Waals surface area contributed by atoms with E-state index in [0.717, 1.165) is 52.0 Å². The Labute approximate surface area is 177 Å². The highest BCUT2D eigenvalue weighted by Gasteiger charge is 2.24. The lowest BCUT2D eigenvalue weighted by Gasteiger charge is -2.33. The zero-order valence-corrected chi connectivity index (χ0v) is 18.3. The van der Waals surface area contributed by atoms with Crippen LogP contribution < -0.4 is 4.74 Å². The van der Waals surface area contributed by atoms with Gasteiger partial charge in [0.05, 0.1) is 7.11 Å². The summed E-state index contributed by atoms with van der Waals surface area (Å²) >= 11 is 0. The molecule has 2 amide bonds. The molecule has 0 spiro atoms. The molecule has 2 aromatic rings. The molecule has 1 aliphatic heterocycles. The maximum Gasteiger partial charge on any atom is 0.246 e. The van der Waals surface area contributed by atoms with Gasteiger partial charge in [0.15, 0.2) is 0 Å². The molecule has 30 heavy (non-hydrogen) atoms. The van der Waals surface area contributed by atoms with Gasteiger partial charge in [-0.3, -0.25) is 9.59 Å². The van der Waals surface area contributed by atoms with Crippen molar-refractivity contribution >= 4 is 28.4 Å². The molecule has 6 heteroatoms. The van der Waals surface area contributed by atoms with Crippen molar-refractivity contribution in [2.45, 2.75) is 46.5 Å². The van der Waals surface area contributed by atoms with Gasteiger partial charge in [0, 0.05) is 67.7 Å². The van der Waals surface area contributed by atoms with Crippen molar-refractivity contribution in [1.29, 1.82) is 0 Å². The first-order chi connectivity index (χ1) is 14.4. The van der Waals surface area contributed by atoms with Crippen molar-refractivity contribution in [2.75, 3.05) is 33.3 Å². The van der Waals surface area contributed by atoms with E-state index in [1.54, 1.807) is 29.9 Å². The first-order valence-corrected chi connectivity index (χ1v) is 10.8. The fraction of sp³-hybridized carbons (Fsp3) is 0.500. The smallest absolute Gasteiger partial charge is 0.246 e. The molecule has 1 aliphatic carbocycles. The van der Waals surface area contributed by atoms with Crippen molar-refractivity contribution in [3.8, 4) is 5.75 Å². The number of aryl methyl sites for hydroxylation is 3. The van der Waals surface area contributed by atoms with Gasteiger partial charge >= 0.3 is 0 Å². The van der Waals surface area contributed by atoms with Crippen LogP contribution in [0, 0.1) is 6.92 Å². The van der Waals surface area contributed by atoms with E-state index in [2.05, 4.69) is 6.07 Å². The molecule has 0 radical (unpaired) electrons. The highest BCUT2D eigenvalue weighted by atomic mass is 16.5. The Hall–Kier alpha value is -2.76. The molecule has 1 aromatic heterocycles. The number of allylic oxidation sites excluding steroid dienone is 1. The maximum atomic E-state index is 12.9. The van der Waals surface area contributed by atoms with E-state index < -0.39 is 0 Å². The molecule has 1 saturated heterocycles. The topological polar surface area (TPSA) is 63.0 Å². The van der Waals surface area contributed by atoms with Crippen LogP contribution >= 0.6 is 0 Å². The van der Waals surface area contributed by atoms with Crippen LogP contribution in [0.25, 0.3) is 16.5 Å². The summed E-state index contributed by atoms with van der Waals surface area (Å²) in [5, 5.41) is 1.15. The molecular formula is C24H30N2O4. The molecule has 2 aliphatic rings. The number of carbonyl (C=O) groups excluding carboxylic acids is 2. The lowest BCUT2D eigenvalue weighted by molar-refractivity contribution is -0.135. The standard InChI is InChI=1S/C24H30N2O4/c1-15(13-22(28)26-11-9-25(10-12-26)17(3)27)19-14-20-18-7-5-6-8-21(18)30-24(20)16(2)23(19)29-4/h13-14H,5-12H2,1-4H3/b15-13+. The zero-order valence-electron chi connectivity index (χ0n) is 18.3. The van der Waals surface area contributed by atoms with Gasteiger partial charge in [-0.15, -0.1) is 0 Å². The third-order valence-corrected chi connectivity index (χ3v) is 6.43. The second-order valence-electron chi connectivity index (χ2n) is 8.33. The Morgan fingerprint density at radius 1 is 1.07 bits per heavy atom. The molecule has 0 saturated carbocycles. The molecule has 0 bridgehead atoms. The number of benzene rings is 1. The average Bonchev–Trinajstić information content (AvgIpc) is 3.12. The van der Waals surface area contributed by atoms with E-state index >= 15 is 0 Å². The first kappa shape index (κ1) is 20.5. The molecule has 2 heterocycles. The Balaban J connectivity index is 1.66. The number of hydrogen-bond acceptors (Lipinski definition) is 4. The first-order valence-electron chi connectivity index (χ1n) is 10.8. The average molecular weight is 411 g/mol. The van der Waals surface area contributed by atoms with Crippen LogP contribution in [0.1, 0.15) is 49.1 Å². The van der Waals surface area contributed by atoms with Gasteiger partial charge < -0.3 is 19.0 Å². The summed E-state index contributed by atoms with van der Waals surface area (Å²) in [5.74, 6) is 1.90. The minimum atomic E-state index is -0.0234. The Morgan fingerprint density at radius 3 is 2.40 bits per heavy atom. The van der Waals surface area contributed by atoms with Gasteiger partial charge in [-0.1, -0.05) is 0 Å². The highest BCUT2D eigenvalue weighted by molar-refractivity contribution is 5.98. The van der Waals surface area contributed by atoms with Gasteiger partial charge in [-0.2, -0.15) is 0 Å². The molecule has 6 nitrogen and oxygen atoms in total. The number of ether oxygens (including phenoxy) is 1. The van der Waals surface area contributed by atoms with Gasteiger partial charge in [0.2, 0.25) is 11.8 Å². The molecule has 160 valence electrons. The summed E-state index contributed by atoms with van der Waals surface area (Å²) in [6.45, 7) is 7.85. The Morgan fingerprint density at radius 2 is 1.73 bits per heavy atom. The van der Waals surface area contributed by atoms with Crippen molar-refractivity contribution in [3.63, 3.8) is 0 Å². The number of methoxy groups -OCH3 is 1. The molecule has 4 rings (SSSR count). The normalized spacial score (nSPS) is 17.3. The molecule has 0 atom stereocenters. The summed E-state index contributed by atoms with van der Waals surface area (Å²) < 4.78 is 11.9.